The largest absolute Gasteiger partial charge is 0.482 e. The first-order valence-corrected chi connectivity index (χ1v) is 9.26. The number of anilines is 1. The smallest absolute Gasteiger partial charge is 0.344 e. The summed E-state index contributed by atoms with van der Waals surface area (Å²) < 4.78 is 10.5. The first-order chi connectivity index (χ1) is 14.0. The van der Waals surface area contributed by atoms with Crippen LogP contribution in [0.4, 0.5) is 5.69 Å². The molecule has 0 radical (unpaired) electrons. The third-order valence-corrected chi connectivity index (χ3v) is 4.93. The molecule has 3 aromatic rings. The summed E-state index contributed by atoms with van der Waals surface area (Å²) in [6.45, 7) is 1.11. The molecular weight excluding hydrogens is 370 g/mol. The minimum Gasteiger partial charge on any atom is -0.482 e. The molecule has 0 bridgehead atoms. The van der Waals surface area contributed by atoms with Gasteiger partial charge in [0.15, 0.2) is 19.0 Å². The van der Waals surface area contributed by atoms with Crippen molar-refractivity contribution in [3.63, 3.8) is 0 Å². The van der Waals surface area contributed by atoms with Gasteiger partial charge in [-0.2, -0.15) is 0 Å². The van der Waals surface area contributed by atoms with E-state index in [1.54, 1.807) is 31.2 Å². The number of nitrogens with one attached hydrogen (secondary N) is 1. The minimum atomic E-state index is -0.627. The van der Waals surface area contributed by atoms with Crippen LogP contribution in [0.15, 0.2) is 60.7 Å². The van der Waals surface area contributed by atoms with E-state index >= 15 is 0 Å². The van der Waals surface area contributed by atoms with Gasteiger partial charge in [0, 0.05) is 11.3 Å². The molecule has 0 saturated heterocycles. The van der Waals surface area contributed by atoms with E-state index < -0.39 is 5.97 Å². The number of esters is 1. The normalized spacial score (nSPS) is 14.9. The standard InChI is InChI=1S/C23H19NO5/c1-14-19-11-17(7-9-20(19)24-23(14)27)21(25)12-29-22(26)13-28-18-8-6-15-4-2-3-5-16(15)10-18/h2-11,14H,12-13H2,1H3,(H,24,27)/t14-/m1/s1. The Balaban J connectivity index is 1.31. The van der Waals surface area contributed by atoms with Crippen LogP contribution < -0.4 is 10.1 Å². The molecule has 1 amide bonds. The fourth-order valence-corrected chi connectivity index (χ4v) is 3.26. The molecule has 0 aliphatic carbocycles. The maximum absolute atomic E-state index is 12.3. The molecule has 3 aromatic carbocycles. The molecule has 4 rings (SSSR count). The van der Waals surface area contributed by atoms with Gasteiger partial charge >= 0.3 is 5.97 Å². The van der Waals surface area contributed by atoms with Crippen LogP contribution in [0.5, 0.6) is 5.75 Å². The van der Waals surface area contributed by atoms with E-state index in [1.807, 2.05) is 36.4 Å². The van der Waals surface area contributed by atoms with Crippen LogP contribution in [0.2, 0.25) is 0 Å². The zero-order valence-corrected chi connectivity index (χ0v) is 15.8. The average molecular weight is 389 g/mol. The predicted octanol–water partition coefficient (Wildman–Crippen LogP) is 3.70. The van der Waals surface area contributed by atoms with Crippen LogP contribution in [0.1, 0.15) is 28.8 Å². The quantitative estimate of drug-likeness (QED) is 0.514. The van der Waals surface area contributed by atoms with Gasteiger partial charge in [0.25, 0.3) is 0 Å². The summed E-state index contributed by atoms with van der Waals surface area (Å²) in [5.41, 5.74) is 1.88. The van der Waals surface area contributed by atoms with Crippen LogP contribution in [-0.4, -0.2) is 30.9 Å². The van der Waals surface area contributed by atoms with Crippen LogP contribution in [0, 0.1) is 0 Å². The molecule has 0 spiro atoms. The van der Waals surface area contributed by atoms with Gasteiger partial charge < -0.3 is 14.8 Å². The van der Waals surface area contributed by atoms with Crippen molar-refractivity contribution in [2.75, 3.05) is 18.5 Å². The molecule has 1 heterocycles. The van der Waals surface area contributed by atoms with Crippen LogP contribution >= 0.6 is 0 Å². The lowest BCUT2D eigenvalue weighted by Gasteiger charge is -2.08. The Bertz CT molecular complexity index is 1120. The number of carbonyl (C=O) groups excluding carboxylic acids is 3. The molecule has 6 heteroatoms. The molecule has 6 nitrogen and oxygen atoms in total. The van der Waals surface area contributed by atoms with Crippen molar-refractivity contribution < 1.29 is 23.9 Å². The Kier molecular flexibility index (Phi) is 4.99. The molecule has 0 saturated carbocycles. The second-order valence-corrected chi connectivity index (χ2v) is 6.89. The number of benzene rings is 3. The van der Waals surface area contributed by atoms with Crippen molar-refractivity contribution in [1.29, 1.82) is 0 Å². The maximum Gasteiger partial charge on any atom is 0.344 e. The SMILES string of the molecule is C[C@H]1C(=O)Nc2ccc(C(=O)COC(=O)COc3ccc4ccccc4c3)cc21. The topological polar surface area (TPSA) is 81.7 Å². The molecule has 0 fully saturated rings. The molecular formula is C23H19NO5. The van der Waals surface area contributed by atoms with Crippen molar-refractivity contribution in [2.45, 2.75) is 12.8 Å². The molecule has 29 heavy (non-hydrogen) atoms. The van der Waals surface area contributed by atoms with Gasteiger partial charge in [-0.25, -0.2) is 4.79 Å². The van der Waals surface area contributed by atoms with Crippen molar-refractivity contribution >= 4 is 34.1 Å². The summed E-state index contributed by atoms with van der Waals surface area (Å²) in [6.07, 6.45) is 0. The van der Waals surface area contributed by atoms with Crippen LogP contribution in [0.3, 0.4) is 0 Å². The second kappa shape index (κ2) is 7.75. The Morgan fingerprint density at radius 3 is 2.59 bits per heavy atom. The Morgan fingerprint density at radius 2 is 1.76 bits per heavy atom. The highest BCUT2D eigenvalue weighted by atomic mass is 16.6. The number of hydrogen-bond acceptors (Lipinski definition) is 5. The average Bonchev–Trinajstić information content (AvgIpc) is 3.03. The number of fused-ring (bicyclic) bond motifs is 2. The fraction of sp³-hybridized carbons (Fsp3) is 0.174. The number of rotatable bonds is 6. The highest BCUT2D eigenvalue weighted by Crippen LogP contribution is 2.32. The third-order valence-electron chi connectivity index (χ3n) is 4.93. The van der Waals surface area contributed by atoms with Crippen molar-refractivity contribution in [2.24, 2.45) is 0 Å². The first kappa shape index (κ1) is 18.7. The van der Waals surface area contributed by atoms with Crippen molar-refractivity contribution in [3.8, 4) is 5.75 Å². The highest BCUT2D eigenvalue weighted by Gasteiger charge is 2.27. The van der Waals surface area contributed by atoms with E-state index in [0.29, 0.717) is 17.0 Å². The molecule has 1 aliphatic rings. The summed E-state index contributed by atoms with van der Waals surface area (Å²) in [4.78, 5) is 36.0. The van der Waals surface area contributed by atoms with E-state index in [2.05, 4.69) is 5.32 Å². The number of Topliss-reactive ketones (excluding diaryl/α,β-unsaturated/α-hetero) is 1. The predicted molar refractivity (Wildman–Crippen MR) is 108 cm³/mol. The zero-order valence-electron chi connectivity index (χ0n) is 15.8. The van der Waals surface area contributed by atoms with Gasteiger partial charge in [-0.3, -0.25) is 9.59 Å². The van der Waals surface area contributed by atoms with E-state index in [9.17, 15) is 14.4 Å². The first-order valence-electron chi connectivity index (χ1n) is 9.26. The van der Waals surface area contributed by atoms with E-state index in [-0.39, 0.29) is 30.8 Å². The molecule has 1 atom stereocenters. The van der Waals surface area contributed by atoms with E-state index in [4.69, 9.17) is 9.47 Å². The summed E-state index contributed by atoms with van der Waals surface area (Å²) in [5, 5.41) is 4.84. The van der Waals surface area contributed by atoms with Gasteiger partial charge in [-0.1, -0.05) is 30.3 Å². The van der Waals surface area contributed by atoms with Gasteiger partial charge in [-0.05, 0) is 53.6 Å². The van der Waals surface area contributed by atoms with Gasteiger partial charge in [0.1, 0.15) is 5.75 Å². The van der Waals surface area contributed by atoms with E-state index in [1.165, 1.54) is 0 Å². The minimum absolute atomic E-state index is 0.0955. The Morgan fingerprint density at radius 1 is 0.966 bits per heavy atom. The lowest BCUT2D eigenvalue weighted by molar-refractivity contribution is -0.144. The van der Waals surface area contributed by atoms with Gasteiger partial charge in [0.05, 0.1) is 5.92 Å². The molecule has 0 unspecified atom stereocenters. The second-order valence-electron chi connectivity index (χ2n) is 6.89. The highest BCUT2D eigenvalue weighted by molar-refractivity contribution is 6.05. The Labute approximate surface area is 167 Å². The third kappa shape index (κ3) is 3.96. The van der Waals surface area contributed by atoms with Gasteiger partial charge in [-0.15, -0.1) is 0 Å². The molecule has 1 aliphatic heterocycles. The summed E-state index contributed by atoms with van der Waals surface area (Å²) in [6, 6.07) is 18.3. The zero-order chi connectivity index (χ0) is 20.4. The van der Waals surface area contributed by atoms with Gasteiger partial charge in [0.2, 0.25) is 5.91 Å². The number of amides is 1. The molecule has 1 N–H and O–H groups in total. The summed E-state index contributed by atoms with van der Waals surface area (Å²) in [7, 11) is 0. The van der Waals surface area contributed by atoms with Crippen LogP contribution in [-0.2, 0) is 14.3 Å². The van der Waals surface area contributed by atoms with Crippen molar-refractivity contribution in [1.82, 2.24) is 0 Å². The molecule has 146 valence electrons. The Hall–Kier alpha value is -3.67. The number of hydrogen-bond donors (Lipinski definition) is 1. The lowest BCUT2D eigenvalue weighted by Crippen LogP contribution is -2.19. The summed E-state index contributed by atoms with van der Waals surface area (Å²) >= 11 is 0. The monoisotopic (exact) mass is 389 g/mol. The number of carbonyl (C=O) groups is 3. The lowest BCUT2D eigenvalue weighted by atomic mass is 9.99. The number of ether oxygens (including phenoxy) is 2. The fourth-order valence-electron chi connectivity index (χ4n) is 3.26. The van der Waals surface area contributed by atoms with Crippen LogP contribution in [0.25, 0.3) is 10.8 Å². The number of ketones is 1. The van der Waals surface area contributed by atoms with E-state index in [0.717, 1.165) is 16.3 Å². The maximum atomic E-state index is 12.3. The molecule has 0 aromatic heterocycles. The van der Waals surface area contributed by atoms with Crippen molar-refractivity contribution in [3.05, 3.63) is 71.8 Å². The summed E-state index contributed by atoms with van der Waals surface area (Å²) in [5.74, 6) is -0.814.